The van der Waals surface area contributed by atoms with Crippen molar-refractivity contribution in [2.24, 2.45) is 0 Å². The maximum absolute atomic E-state index is 6.26. The first kappa shape index (κ1) is 31.6. The summed E-state index contributed by atoms with van der Waals surface area (Å²) in [5, 5.41) is 7.35. The lowest BCUT2D eigenvalue weighted by atomic mass is 9.94. The molecule has 2 nitrogen and oxygen atoms in total. The van der Waals surface area contributed by atoms with Gasteiger partial charge in [-0.1, -0.05) is 133 Å². The zero-order valence-corrected chi connectivity index (χ0v) is 30.6. The van der Waals surface area contributed by atoms with E-state index in [0.29, 0.717) is 0 Å². The summed E-state index contributed by atoms with van der Waals surface area (Å²) < 4.78 is 8.85. The number of nitrogens with zero attached hydrogens (tertiary/aromatic N) is 1. The van der Waals surface area contributed by atoms with E-state index in [1.807, 2.05) is 23.5 Å². The molecule has 0 bridgehead atoms. The fourth-order valence-electron chi connectivity index (χ4n) is 8.23. The molecule has 0 amide bonds. The first-order valence-electron chi connectivity index (χ1n) is 18.7. The minimum atomic E-state index is 0.903. The van der Waals surface area contributed by atoms with Crippen molar-refractivity contribution < 1.29 is 4.42 Å². The Morgan fingerprint density at radius 3 is 1.89 bits per heavy atom. The molecule has 0 N–H and O–H groups in total. The summed E-state index contributed by atoms with van der Waals surface area (Å²) in [4.78, 5) is 2.41. The second-order valence-corrected chi connectivity index (χ2v) is 15.2. The van der Waals surface area contributed by atoms with E-state index >= 15 is 0 Å². The Labute approximate surface area is 322 Å². The van der Waals surface area contributed by atoms with Crippen molar-refractivity contribution in [2.75, 3.05) is 4.90 Å². The zero-order valence-electron chi connectivity index (χ0n) is 29.8. The Morgan fingerprint density at radius 1 is 0.345 bits per heavy atom. The Kier molecular flexibility index (Phi) is 7.39. The van der Waals surface area contributed by atoms with Crippen LogP contribution >= 0.6 is 11.3 Å². The second kappa shape index (κ2) is 12.9. The summed E-state index contributed by atoms with van der Waals surface area (Å²) in [6.45, 7) is 0. The van der Waals surface area contributed by atoms with E-state index in [-0.39, 0.29) is 0 Å². The van der Waals surface area contributed by atoms with Crippen molar-refractivity contribution in [3.05, 3.63) is 200 Å². The Balaban J connectivity index is 1.06. The zero-order chi connectivity index (χ0) is 36.3. The van der Waals surface area contributed by atoms with E-state index in [0.717, 1.165) is 50.1 Å². The van der Waals surface area contributed by atoms with Crippen LogP contribution in [0.2, 0.25) is 0 Å². The van der Waals surface area contributed by atoms with E-state index in [1.165, 1.54) is 53.2 Å². The van der Waals surface area contributed by atoms with Gasteiger partial charge >= 0.3 is 0 Å². The first-order valence-corrected chi connectivity index (χ1v) is 19.5. The van der Waals surface area contributed by atoms with Gasteiger partial charge in [0.15, 0.2) is 0 Å². The molecule has 2 heterocycles. The molecule has 0 radical (unpaired) electrons. The summed E-state index contributed by atoms with van der Waals surface area (Å²) >= 11 is 1.85. The molecule has 0 saturated heterocycles. The number of benzene rings is 9. The number of thiophene rings is 1. The fraction of sp³-hybridized carbons (Fsp3) is 0. The monoisotopic (exact) mass is 719 g/mol. The lowest BCUT2D eigenvalue weighted by Crippen LogP contribution is -2.11. The van der Waals surface area contributed by atoms with Gasteiger partial charge in [-0.25, -0.2) is 0 Å². The predicted molar refractivity (Wildman–Crippen MR) is 235 cm³/mol. The van der Waals surface area contributed by atoms with Crippen molar-refractivity contribution in [3.63, 3.8) is 0 Å². The quantitative estimate of drug-likeness (QED) is 0.170. The van der Waals surface area contributed by atoms with Crippen LogP contribution in [0.5, 0.6) is 0 Å². The van der Waals surface area contributed by atoms with Crippen molar-refractivity contribution in [3.8, 4) is 33.4 Å². The predicted octanol–water partition coefficient (Wildman–Crippen LogP) is 15.6. The average Bonchev–Trinajstić information content (AvgIpc) is 3.82. The molecule has 2 aromatic heterocycles. The number of furan rings is 1. The molecule has 0 fully saturated rings. The van der Waals surface area contributed by atoms with E-state index < -0.39 is 0 Å². The molecule has 55 heavy (non-hydrogen) atoms. The number of para-hydroxylation sites is 2. The molecule has 0 aliphatic carbocycles. The molecule has 0 aliphatic heterocycles. The second-order valence-electron chi connectivity index (χ2n) is 14.1. The number of hydrogen-bond donors (Lipinski definition) is 0. The van der Waals surface area contributed by atoms with Gasteiger partial charge < -0.3 is 9.32 Å². The summed E-state index contributed by atoms with van der Waals surface area (Å²) in [6, 6.07) is 72.4. The molecule has 0 aliphatic rings. The van der Waals surface area contributed by atoms with E-state index in [1.54, 1.807) is 0 Å². The van der Waals surface area contributed by atoms with Crippen LogP contribution in [0.4, 0.5) is 17.1 Å². The Hall–Kier alpha value is -6.94. The SMILES string of the molecule is c1cc(-c2ccccc2N(c2ccc(-c3ccc4c(c3)oc3ccccc34)cc2)c2ccc3sc4ccccc4c3c2)cc(-c2cccc3ccccc23)c1. The minimum Gasteiger partial charge on any atom is -0.456 e. The van der Waals surface area contributed by atoms with Gasteiger partial charge in [0, 0.05) is 47.9 Å². The van der Waals surface area contributed by atoms with Crippen LogP contribution in [0, 0.1) is 0 Å². The molecular formula is C52H33NOS. The molecule has 11 aromatic rings. The third kappa shape index (κ3) is 5.40. The van der Waals surface area contributed by atoms with Crippen LogP contribution in [0.3, 0.4) is 0 Å². The van der Waals surface area contributed by atoms with Crippen LogP contribution in [0.25, 0.3) is 86.3 Å². The molecule has 0 saturated carbocycles. The molecule has 0 atom stereocenters. The maximum Gasteiger partial charge on any atom is 0.136 e. The lowest BCUT2D eigenvalue weighted by molar-refractivity contribution is 0.669. The van der Waals surface area contributed by atoms with Gasteiger partial charge in [-0.3, -0.25) is 0 Å². The number of hydrogen-bond acceptors (Lipinski definition) is 3. The summed E-state index contributed by atoms with van der Waals surface area (Å²) in [7, 11) is 0. The van der Waals surface area contributed by atoms with E-state index in [2.05, 4.69) is 193 Å². The van der Waals surface area contributed by atoms with Crippen molar-refractivity contribution in [1.29, 1.82) is 0 Å². The van der Waals surface area contributed by atoms with Crippen LogP contribution in [0.15, 0.2) is 205 Å². The fourth-order valence-corrected chi connectivity index (χ4v) is 9.32. The van der Waals surface area contributed by atoms with Gasteiger partial charge in [-0.05, 0) is 105 Å². The summed E-state index contributed by atoms with van der Waals surface area (Å²) in [5.41, 5.74) is 12.2. The minimum absolute atomic E-state index is 0.903. The molecule has 0 spiro atoms. The van der Waals surface area contributed by atoms with Crippen LogP contribution < -0.4 is 4.90 Å². The topological polar surface area (TPSA) is 16.4 Å². The van der Waals surface area contributed by atoms with Gasteiger partial charge in [0.2, 0.25) is 0 Å². The molecule has 11 rings (SSSR count). The van der Waals surface area contributed by atoms with Gasteiger partial charge in [-0.2, -0.15) is 0 Å². The van der Waals surface area contributed by atoms with Gasteiger partial charge in [0.05, 0.1) is 5.69 Å². The maximum atomic E-state index is 6.26. The normalized spacial score (nSPS) is 11.6. The third-order valence-electron chi connectivity index (χ3n) is 10.9. The average molecular weight is 720 g/mol. The summed E-state index contributed by atoms with van der Waals surface area (Å²) in [5.74, 6) is 0. The van der Waals surface area contributed by atoms with Gasteiger partial charge in [-0.15, -0.1) is 11.3 Å². The molecular weight excluding hydrogens is 687 g/mol. The molecule has 0 unspecified atom stereocenters. The molecule has 258 valence electrons. The van der Waals surface area contributed by atoms with Crippen LogP contribution in [-0.4, -0.2) is 0 Å². The number of anilines is 3. The lowest BCUT2D eigenvalue weighted by Gasteiger charge is -2.28. The van der Waals surface area contributed by atoms with Crippen molar-refractivity contribution in [1.82, 2.24) is 0 Å². The highest BCUT2D eigenvalue weighted by Crippen LogP contribution is 2.45. The van der Waals surface area contributed by atoms with Crippen molar-refractivity contribution in [2.45, 2.75) is 0 Å². The first-order chi connectivity index (χ1) is 27.2. The van der Waals surface area contributed by atoms with Gasteiger partial charge in [0.25, 0.3) is 0 Å². The molecule has 9 aromatic carbocycles. The largest absolute Gasteiger partial charge is 0.456 e. The van der Waals surface area contributed by atoms with Crippen LogP contribution in [0.1, 0.15) is 0 Å². The Bertz CT molecular complexity index is 3220. The van der Waals surface area contributed by atoms with Crippen LogP contribution in [-0.2, 0) is 0 Å². The number of fused-ring (bicyclic) bond motifs is 7. The summed E-state index contributed by atoms with van der Waals surface area (Å²) in [6.07, 6.45) is 0. The van der Waals surface area contributed by atoms with Crippen molar-refractivity contribution >= 4 is 81.3 Å². The van der Waals surface area contributed by atoms with E-state index in [9.17, 15) is 0 Å². The van der Waals surface area contributed by atoms with Gasteiger partial charge in [0.1, 0.15) is 11.2 Å². The smallest absolute Gasteiger partial charge is 0.136 e. The Morgan fingerprint density at radius 2 is 0.982 bits per heavy atom. The van der Waals surface area contributed by atoms with E-state index in [4.69, 9.17) is 4.42 Å². The highest BCUT2D eigenvalue weighted by molar-refractivity contribution is 7.25. The number of rotatable bonds is 6. The highest BCUT2D eigenvalue weighted by Gasteiger charge is 2.19. The third-order valence-corrected chi connectivity index (χ3v) is 12.0. The standard InChI is InChI=1S/C52H33NOS/c1-2-15-41-35(11-1)12-10-19-42(41)37-13-9-14-38(31-37)43-16-3-6-20-48(43)53(40-28-30-52-47(33-40)46-18-5-8-22-51(46)55-52)39-26-23-34(24-27-39)36-25-29-45-44-17-4-7-21-49(44)54-50(45)32-36/h1-33H. The molecule has 3 heteroatoms. The highest BCUT2D eigenvalue weighted by atomic mass is 32.1.